The van der Waals surface area contributed by atoms with Gasteiger partial charge in [-0.3, -0.25) is 0 Å². The summed E-state index contributed by atoms with van der Waals surface area (Å²) in [5.74, 6) is 0. The van der Waals surface area contributed by atoms with Gasteiger partial charge in [-0.15, -0.1) is 0 Å². The molecule has 0 N–H and O–H groups in total. The van der Waals surface area contributed by atoms with Crippen LogP contribution in [0.15, 0.2) is 192 Å². The van der Waals surface area contributed by atoms with Crippen molar-refractivity contribution in [3.63, 3.8) is 0 Å². The van der Waals surface area contributed by atoms with Gasteiger partial charge in [0.25, 0.3) is 0 Å². The molecular formula is C48H31NO. The number of hydrogen-bond acceptors (Lipinski definition) is 2. The highest BCUT2D eigenvalue weighted by Gasteiger charge is 2.17. The summed E-state index contributed by atoms with van der Waals surface area (Å²) in [4.78, 5) is 2.34. The van der Waals surface area contributed by atoms with E-state index >= 15 is 0 Å². The van der Waals surface area contributed by atoms with Crippen molar-refractivity contribution < 1.29 is 4.42 Å². The molecule has 1 aromatic heterocycles. The predicted molar refractivity (Wildman–Crippen MR) is 212 cm³/mol. The van der Waals surface area contributed by atoms with Crippen LogP contribution in [0.1, 0.15) is 0 Å². The molecule has 10 rings (SSSR count). The first-order chi connectivity index (χ1) is 24.8. The van der Waals surface area contributed by atoms with E-state index in [1.807, 2.05) is 0 Å². The van der Waals surface area contributed by atoms with E-state index in [0.29, 0.717) is 0 Å². The average Bonchev–Trinajstić information content (AvgIpc) is 3.54. The molecule has 234 valence electrons. The van der Waals surface area contributed by atoms with Crippen LogP contribution in [0.5, 0.6) is 0 Å². The lowest BCUT2D eigenvalue weighted by molar-refractivity contribution is 0.669. The summed E-state index contributed by atoms with van der Waals surface area (Å²) in [7, 11) is 0. The molecule has 0 aliphatic rings. The molecule has 9 aromatic carbocycles. The Kier molecular flexibility index (Phi) is 6.53. The Bertz CT molecular complexity index is 2850. The third-order valence-corrected chi connectivity index (χ3v) is 10.0. The number of hydrogen-bond donors (Lipinski definition) is 0. The molecule has 0 atom stereocenters. The summed E-state index contributed by atoms with van der Waals surface area (Å²) in [5.41, 5.74) is 9.87. The Hall–Kier alpha value is -6.64. The van der Waals surface area contributed by atoms with E-state index in [0.717, 1.165) is 39.0 Å². The van der Waals surface area contributed by atoms with Gasteiger partial charge in [-0.25, -0.2) is 0 Å². The normalized spacial score (nSPS) is 11.6. The van der Waals surface area contributed by atoms with Crippen LogP contribution in [-0.4, -0.2) is 0 Å². The lowest BCUT2D eigenvalue weighted by atomic mass is 9.93. The van der Waals surface area contributed by atoms with E-state index in [4.69, 9.17) is 4.42 Å². The van der Waals surface area contributed by atoms with Gasteiger partial charge in [0, 0.05) is 27.8 Å². The Morgan fingerprint density at radius 1 is 0.300 bits per heavy atom. The standard InChI is InChI=1S/C48H31NO/c1-2-10-32(11-3-1)33-18-22-38(23-19-33)49(40-26-27-47-46(31-40)45-28-35-12-4-5-13-36(35)30-48(45)50-47)39-24-20-34(21-25-39)44-29-37-14-6-7-15-41(37)42-16-8-9-17-43(42)44/h1-31H. The summed E-state index contributed by atoms with van der Waals surface area (Å²) in [6.45, 7) is 0. The molecule has 0 unspecified atom stereocenters. The number of fused-ring (bicyclic) bond motifs is 7. The highest BCUT2D eigenvalue weighted by Crippen LogP contribution is 2.41. The maximum Gasteiger partial charge on any atom is 0.136 e. The van der Waals surface area contributed by atoms with Crippen LogP contribution < -0.4 is 4.90 Å². The molecule has 0 amide bonds. The Balaban J connectivity index is 1.12. The molecule has 0 aliphatic heterocycles. The van der Waals surface area contributed by atoms with Crippen LogP contribution in [0, 0.1) is 0 Å². The molecule has 10 aromatic rings. The van der Waals surface area contributed by atoms with Crippen LogP contribution in [0.2, 0.25) is 0 Å². The average molecular weight is 638 g/mol. The van der Waals surface area contributed by atoms with E-state index in [1.54, 1.807) is 0 Å². The fourth-order valence-corrected chi connectivity index (χ4v) is 7.55. The first-order valence-electron chi connectivity index (χ1n) is 17.1. The second-order valence-corrected chi connectivity index (χ2v) is 13.0. The van der Waals surface area contributed by atoms with Crippen LogP contribution in [0.3, 0.4) is 0 Å². The van der Waals surface area contributed by atoms with Gasteiger partial charge in [-0.1, -0.05) is 127 Å². The molecule has 0 saturated heterocycles. The van der Waals surface area contributed by atoms with Gasteiger partial charge < -0.3 is 9.32 Å². The third-order valence-electron chi connectivity index (χ3n) is 10.0. The van der Waals surface area contributed by atoms with Gasteiger partial charge in [-0.2, -0.15) is 0 Å². The van der Waals surface area contributed by atoms with E-state index < -0.39 is 0 Å². The van der Waals surface area contributed by atoms with Crippen molar-refractivity contribution in [3.8, 4) is 22.3 Å². The van der Waals surface area contributed by atoms with Crippen molar-refractivity contribution in [2.24, 2.45) is 0 Å². The maximum atomic E-state index is 6.38. The largest absolute Gasteiger partial charge is 0.456 e. The van der Waals surface area contributed by atoms with Crippen LogP contribution >= 0.6 is 0 Å². The molecule has 1 heterocycles. The van der Waals surface area contributed by atoms with E-state index in [-0.39, 0.29) is 0 Å². The monoisotopic (exact) mass is 637 g/mol. The van der Waals surface area contributed by atoms with Gasteiger partial charge >= 0.3 is 0 Å². The molecule has 50 heavy (non-hydrogen) atoms. The first kappa shape index (κ1) is 28.4. The molecule has 2 nitrogen and oxygen atoms in total. The second-order valence-electron chi connectivity index (χ2n) is 13.0. The van der Waals surface area contributed by atoms with Crippen molar-refractivity contribution in [1.29, 1.82) is 0 Å². The summed E-state index contributed by atoms with van der Waals surface area (Å²) in [6.07, 6.45) is 0. The van der Waals surface area contributed by atoms with Crippen LogP contribution in [-0.2, 0) is 0 Å². The van der Waals surface area contributed by atoms with Gasteiger partial charge in [0.05, 0.1) is 0 Å². The summed E-state index contributed by atoms with van der Waals surface area (Å²) in [6, 6.07) is 67.6. The molecule has 0 saturated carbocycles. The molecular weight excluding hydrogens is 607 g/mol. The molecule has 0 spiro atoms. The minimum Gasteiger partial charge on any atom is -0.456 e. The van der Waals surface area contributed by atoms with Gasteiger partial charge in [0.15, 0.2) is 0 Å². The minimum atomic E-state index is 0.886. The molecule has 0 fully saturated rings. The lowest BCUT2D eigenvalue weighted by Gasteiger charge is -2.26. The number of benzene rings is 9. The quantitative estimate of drug-likeness (QED) is 0.175. The SMILES string of the molecule is c1ccc(-c2ccc(N(c3ccc(-c4cc5ccccc5c5ccccc45)cc3)c3ccc4oc5cc6ccccc6cc5c4c3)cc2)cc1. The Morgan fingerprint density at radius 3 is 1.58 bits per heavy atom. The Labute approximate surface area is 290 Å². The van der Waals surface area contributed by atoms with Gasteiger partial charge in [-0.05, 0) is 115 Å². The van der Waals surface area contributed by atoms with Crippen molar-refractivity contribution in [2.75, 3.05) is 4.90 Å². The fraction of sp³-hybridized carbons (Fsp3) is 0. The van der Waals surface area contributed by atoms with Gasteiger partial charge in [0.2, 0.25) is 0 Å². The number of anilines is 3. The molecule has 0 bridgehead atoms. The zero-order chi connectivity index (χ0) is 33.0. The predicted octanol–water partition coefficient (Wildman–Crippen LogP) is 13.8. The molecule has 0 aliphatic carbocycles. The smallest absolute Gasteiger partial charge is 0.136 e. The van der Waals surface area contributed by atoms with Gasteiger partial charge in [0.1, 0.15) is 11.2 Å². The first-order valence-corrected chi connectivity index (χ1v) is 17.1. The maximum absolute atomic E-state index is 6.38. The minimum absolute atomic E-state index is 0.886. The van der Waals surface area contributed by atoms with E-state index in [2.05, 4.69) is 193 Å². The number of furan rings is 1. The van der Waals surface area contributed by atoms with E-state index in [9.17, 15) is 0 Å². The van der Waals surface area contributed by atoms with Crippen molar-refractivity contribution >= 4 is 71.3 Å². The van der Waals surface area contributed by atoms with Crippen molar-refractivity contribution in [3.05, 3.63) is 188 Å². The molecule has 2 heteroatoms. The fourth-order valence-electron chi connectivity index (χ4n) is 7.55. The second kappa shape index (κ2) is 11.5. The van der Waals surface area contributed by atoms with Crippen LogP contribution in [0.25, 0.3) is 76.5 Å². The zero-order valence-corrected chi connectivity index (χ0v) is 27.3. The number of rotatable bonds is 5. The Morgan fingerprint density at radius 2 is 0.840 bits per heavy atom. The summed E-state index contributed by atoms with van der Waals surface area (Å²) < 4.78 is 6.38. The molecule has 0 radical (unpaired) electrons. The van der Waals surface area contributed by atoms with Crippen LogP contribution in [0.4, 0.5) is 17.1 Å². The number of nitrogens with zero attached hydrogens (tertiary/aromatic N) is 1. The third kappa shape index (κ3) is 4.73. The van der Waals surface area contributed by atoms with Crippen molar-refractivity contribution in [1.82, 2.24) is 0 Å². The highest BCUT2D eigenvalue weighted by atomic mass is 16.3. The summed E-state index contributed by atoms with van der Waals surface area (Å²) >= 11 is 0. The zero-order valence-electron chi connectivity index (χ0n) is 27.3. The van der Waals surface area contributed by atoms with E-state index in [1.165, 1.54) is 54.6 Å². The summed E-state index contributed by atoms with van der Waals surface area (Å²) in [5, 5.41) is 9.68. The highest BCUT2D eigenvalue weighted by molar-refractivity contribution is 6.14. The van der Waals surface area contributed by atoms with Crippen molar-refractivity contribution in [2.45, 2.75) is 0 Å². The lowest BCUT2D eigenvalue weighted by Crippen LogP contribution is -2.09. The topological polar surface area (TPSA) is 16.4 Å².